The Kier molecular flexibility index (Phi) is 4.81. The first kappa shape index (κ1) is 17.4. The fourth-order valence-electron chi connectivity index (χ4n) is 4.05. The number of rotatable bonds is 0. The fraction of sp³-hybridized carbons (Fsp3) is 0.364. The number of imidazole rings is 2. The summed E-state index contributed by atoms with van der Waals surface area (Å²) in [7, 11) is 0. The second kappa shape index (κ2) is 7.73. The van der Waals surface area contributed by atoms with Crippen molar-refractivity contribution in [2.75, 3.05) is 26.4 Å². The molecule has 1 aliphatic heterocycles. The van der Waals surface area contributed by atoms with Crippen LogP contribution in [0.15, 0.2) is 61.2 Å². The van der Waals surface area contributed by atoms with Crippen molar-refractivity contribution in [2.24, 2.45) is 0 Å². The summed E-state index contributed by atoms with van der Waals surface area (Å²) >= 11 is 0. The van der Waals surface area contributed by atoms with Crippen LogP contribution in [0.4, 0.5) is 0 Å². The van der Waals surface area contributed by atoms with Gasteiger partial charge in [0.2, 0.25) is 12.7 Å². The minimum absolute atomic E-state index is 0.703. The molecule has 0 N–H and O–H groups in total. The molecule has 2 aromatic carbocycles. The number of nitrogens with zero attached hydrogens (tertiary/aromatic N) is 4. The molecule has 6 nitrogen and oxygen atoms in total. The van der Waals surface area contributed by atoms with Gasteiger partial charge in [-0.15, -0.1) is 0 Å². The second-order valence-electron chi connectivity index (χ2n) is 7.21. The van der Waals surface area contributed by atoms with Gasteiger partial charge in [0.25, 0.3) is 0 Å². The Morgan fingerprint density at radius 3 is 1.61 bits per heavy atom. The summed E-state index contributed by atoms with van der Waals surface area (Å²) < 4.78 is 21.1. The number of hydrogen-bond acceptors (Lipinski definition) is 2. The smallest absolute Gasteiger partial charge is 0.244 e. The van der Waals surface area contributed by atoms with Gasteiger partial charge in [-0.2, -0.15) is 0 Å². The van der Waals surface area contributed by atoms with Crippen LogP contribution >= 0.6 is 0 Å². The highest BCUT2D eigenvalue weighted by Crippen LogP contribution is 2.12. The molecule has 2 aromatic heterocycles. The van der Waals surface area contributed by atoms with E-state index >= 15 is 0 Å². The van der Waals surface area contributed by atoms with Gasteiger partial charge in [-0.3, -0.25) is 0 Å². The molecule has 0 atom stereocenters. The number of aromatic nitrogens is 4. The monoisotopic (exact) mass is 378 g/mol. The molecule has 0 radical (unpaired) electrons. The molecule has 0 fully saturated rings. The van der Waals surface area contributed by atoms with Crippen molar-refractivity contribution >= 4 is 22.1 Å². The Balaban J connectivity index is 1.40. The van der Waals surface area contributed by atoms with Gasteiger partial charge >= 0.3 is 0 Å². The van der Waals surface area contributed by atoms with Gasteiger partial charge in [0.1, 0.15) is 26.2 Å². The average molecular weight is 378 g/mol. The van der Waals surface area contributed by atoms with Gasteiger partial charge in [-0.1, -0.05) is 24.3 Å². The largest absolute Gasteiger partial charge is 0.373 e. The van der Waals surface area contributed by atoms with Crippen molar-refractivity contribution in [1.82, 2.24) is 9.13 Å². The summed E-state index contributed by atoms with van der Waals surface area (Å²) in [5, 5.41) is 0. The SMILES string of the molecule is c1ccc2c(c1)n1c[n+]2CCOCC[n+]2cn(c3ccccc32)CCOCC1. The quantitative estimate of drug-likeness (QED) is 0.438. The summed E-state index contributed by atoms with van der Waals surface area (Å²) in [6, 6.07) is 17.1. The van der Waals surface area contributed by atoms with E-state index in [0.29, 0.717) is 26.4 Å². The van der Waals surface area contributed by atoms with Crippen molar-refractivity contribution in [3.8, 4) is 0 Å². The molecule has 0 spiro atoms. The van der Waals surface area contributed by atoms with Crippen LogP contribution in [0, 0.1) is 0 Å². The van der Waals surface area contributed by atoms with Gasteiger partial charge in [0, 0.05) is 0 Å². The van der Waals surface area contributed by atoms with Crippen molar-refractivity contribution in [1.29, 1.82) is 0 Å². The predicted molar refractivity (Wildman–Crippen MR) is 106 cm³/mol. The molecule has 0 saturated heterocycles. The lowest BCUT2D eigenvalue weighted by Crippen LogP contribution is -2.37. The van der Waals surface area contributed by atoms with Crippen LogP contribution in [0.3, 0.4) is 0 Å². The maximum absolute atomic E-state index is 5.98. The highest BCUT2D eigenvalue weighted by atomic mass is 16.5. The van der Waals surface area contributed by atoms with Crippen LogP contribution in [0.2, 0.25) is 0 Å². The Morgan fingerprint density at radius 1 is 0.607 bits per heavy atom. The van der Waals surface area contributed by atoms with E-state index in [1.165, 1.54) is 22.1 Å². The molecule has 4 bridgehead atoms. The number of ether oxygens (including phenoxy) is 2. The van der Waals surface area contributed by atoms with Gasteiger partial charge < -0.3 is 9.47 Å². The average Bonchev–Trinajstić information content (AvgIpc) is 3.26. The molecule has 0 saturated carbocycles. The third-order valence-electron chi connectivity index (χ3n) is 5.46. The lowest BCUT2D eigenvalue weighted by atomic mass is 10.3. The molecular formula is C22H26N4O2+2. The van der Waals surface area contributed by atoms with Crippen LogP contribution < -0.4 is 9.13 Å². The summed E-state index contributed by atoms with van der Waals surface area (Å²) in [6.07, 6.45) is 4.37. The summed E-state index contributed by atoms with van der Waals surface area (Å²) in [6.45, 7) is 6.20. The minimum Gasteiger partial charge on any atom is -0.373 e. The van der Waals surface area contributed by atoms with Gasteiger partial charge in [0.15, 0.2) is 22.1 Å². The van der Waals surface area contributed by atoms with Gasteiger partial charge in [-0.05, 0) is 24.3 Å². The third-order valence-corrected chi connectivity index (χ3v) is 5.46. The summed E-state index contributed by atoms with van der Waals surface area (Å²) in [5.41, 5.74) is 4.97. The minimum atomic E-state index is 0.703. The fourth-order valence-corrected chi connectivity index (χ4v) is 4.05. The van der Waals surface area contributed by atoms with Crippen molar-refractivity contribution in [2.45, 2.75) is 26.2 Å². The molecule has 6 heteroatoms. The number of para-hydroxylation sites is 4. The normalized spacial score (nSPS) is 16.6. The van der Waals surface area contributed by atoms with Gasteiger partial charge in [-0.25, -0.2) is 18.3 Å². The van der Waals surface area contributed by atoms with E-state index in [0.717, 1.165) is 26.2 Å². The van der Waals surface area contributed by atoms with Crippen LogP contribution in [0.1, 0.15) is 0 Å². The maximum atomic E-state index is 5.98. The van der Waals surface area contributed by atoms with Crippen LogP contribution in [-0.4, -0.2) is 35.6 Å². The predicted octanol–water partition coefficient (Wildman–Crippen LogP) is 1.92. The molecular weight excluding hydrogens is 352 g/mol. The van der Waals surface area contributed by atoms with Crippen molar-refractivity contribution < 1.29 is 18.6 Å². The molecule has 1 aliphatic rings. The van der Waals surface area contributed by atoms with E-state index in [9.17, 15) is 0 Å². The lowest BCUT2D eigenvalue weighted by Gasteiger charge is -2.03. The first-order valence-corrected chi connectivity index (χ1v) is 10.0. The second-order valence-corrected chi connectivity index (χ2v) is 7.21. The summed E-state index contributed by atoms with van der Waals surface area (Å²) in [4.78, 5) is 0. The van der Waals surface area contributed by atoms with Crippen LogP contribution in [0.5, 0.6) is 0 Å². The maximum Gasteiger partial charge on any atom is 0.244 e. The van der Waals surface area contributed by atoms with Crippen LogP contribution in [0.25, 0.3) is 22.1 Å². The molecule has 5 rings (SSSR count). The molecule has 0 amide bonds. The number of hydrogen-bond donors (Lipinski definition) is 0. The van der Waals surface area contributed by atoms with E-state index < -0.39 is 0 Å². The first-order valence-electron chi connectivity index (χ1n) is 10.0. The molecule has 4 aromatic rings. The standard InChI is InChI=1S/C22H26N4O2/c1-2-6-20-19(5-1)23-9-13-27-15-11-25-18-26(22-8-4-3-7-21(22)25)12-16-28-14-10-24(20)17-23/h1-8,17-18H,9-16H2/q+2. The van der Waals surface area contributed by atoms with Gasteiger partial charge in [0.05, 0.1) is 26.4 Å². The number of benzene rings is 2. The zero-order chi connectivity index (χ0) is 18.8. The highest BCUT2D eigenvalue weighted by Gasteiger charge is 2.17. The lowest BCUT2D eigenvalue weighted by molar-refractivity contribution is -0.681. The Labute approximate surface area is 164 Å². The molecule has 144 valence electrons. The third kappa shape index (κ3) is 3.30. The molecule has 28 heavy (non-hydrogen) atoms. The Morgan fingerprint density at radius 2 is 1.07 bits per heavy atom. The zero-order valence-corrected chi connectivity index (χ0v) is 16.0. The van der Waals surface area contributed by atoms with E-state index in [1.807, 2.05) is 0 Å². The van der Waals surface area contributed by atoms with E-state index in [1.54, 1.807) is 0 Å². The van der Waals surface area contributed by atoms with Crippen LogP contribution in [-0.2, 0) is 35.7 Å². The van der Waals surface area contributed by atoms with E-state index in [2.05, 4.69) is 79.5 Å². The molecule has 0 unspecified atom stereocenters. The Hall–Kier alpha value is -2.70. The van der Waals surface area contributed by atoms with Crippen molar-refractivity contribution in [3.63, 3.8) is 0 Å². The summed E-state index contributed by atoms with van der Waals surface area (Å²) in [5.74, 6) is 0. The zero-order valence-electron chi connectivity index (χ0n) is 16.0. The van der Waals surface area contributed by atoms with Crippen molar-refractivity contribution in [3.05, 3.63) is 61.2 Å². The Bertz CT molecular complexity index is 931. The highest BCUT2D eigenvalue weighted by molar-refractivity contribution is 5.72. The molecule has 3 heterocycles. The first-order chi connectivity index (χ1) is 13.9. The van der Waals surface area contributed by atoms with E-state index in [-0.39, 0.29) is 0 Å². The number of fused-ring (bicyclic) bond motifs is 10. The topological polar surface area (TPSA) is 36.1 Å². The van der Waals surface area contributed by atoms with E-state index in [4.69, 9.17) is 9.47 Å². The molecule has 0 aliphatic carbocycles.